The number of hydrogen-bond acceptors (Lipinski definition) is 3. The van der Waals surface area contributed by atoms with Crippen LogP contribution in [0.4, 0.5) is 0 Å². The van der Waals surface area contributed by atoms with Gasteiger partial charge >= 0.3 is 0 Å². The molecule has 6 nitrogen and oxygen atoms in total. The van der Waals surface area contributed by atoms with Crippen LogP contribution in [0.15, 0.2) is 71.7 Å². The van der Waals surface area contributed by atoms with Crippen LogP contribution in [0, 0.1) is 5.92 Å². The summed E-state index contributed by atoms with van der Waals surface area (Å²) < 4.78 is 7.27. The fourth-order valence-electron chi connectivity index (χ4n) is 4.74. The first-order valence-corrected chi connectivity index (χ1v) is 10.5. The Morgan fingerprint density at radius 1 is 0.900 bits per heavy atom. The number of carbonyl (C=O) groups excluding carboxylic acids is 2. The third kappa shape index (κ3) is 3.32. The highest BCUT2D eigenvalue weighted by Crippen LogP contribution is 2.34. The van der Waals surface area contributed by atoms with Crippen LogP contribution in [0.5, 0.6) is 0 Å². The molecule has 5 rings (SSSR count). The summed E-state index contributed by atoms with van der Waals surface area (Å²) in [6.45, 7) is 2.71. The van der Waals surface area contributed by atoms with E-state index in [0.29, 0.717) is 38.0 Å². The van der Waals surface area contributed by atoms with Crippen LogP contribution in [0.2, 0.25) is 0 Å². The highest BCUT2D eigenvalue weighted by molar-refractivity contribution is 5.94. The van der Waals surface area contributed by atoms with Crippen LogP contribution in [-0.4, -0.2) is 45.8 Å². The van der Waals surface area contributed by atoms with Crippen molar-refractivity contribution in [3.8, 4) is 0 Å². The number of furan rings is 1. The quantitative estimate of drug-likeness (QED) is 0.672. The van der Waals surface area contributed by atoms with E-state index in [1.165, 1.54) is 12.5 Å². The molecule has 6 heteroatoms. The molecular formula is C24H25N3O3. The van der Waals surface area contributed by atoms with Gasteiger partial charge in [0.25, 0.3) is 5.91 Å². The molecule has 1 atom stereocenters. The van der Waals surface area contributed by atoms with Gasteiger partial charge in [-0.15, -0.1) is 0 Å². The smallest absolute Gasteiger partial charge is 0.257 e. The van der Waals surface area contributed by atoms with Crippen LogP contribution in [0.1, 0.15) is 40.5 Å². The van der Waals surface area contributed by atoms with Crippen molar-refractivity contribution >= 4 is 11.8 Å². The molecule has 1 unspecified atom stereocenters. The molecule has 2 aliphatic rings. The molecule has 0 spiro atoms. The average Bonchev–Trinajstić information content (AvgIpc) is 3.50. The van der Waals surface area contributed by atoms with Gasteiger partial charge in [0.05, 0.1) is 17.9 Å². The second-order valence-corrected chi connectivity index (χ2v) is 8.05. The number of nitrogens with zero attached hydrogens (tertiary/aromatic N) is 3. The van der Waals surface area contributed by atoms with Crippen LogP contribution < -0.4 is 0 Å². The predicted octanol–water partition coefficient (Wildman–Crippen LogP) is 3.57. The van der Waals surface area contributed by atoms with Gasteiger partial charge in [-0.25, -0.2) is 0 Å². The third-order valence-electron chi connectivity index (χ3n) is 6.34. The molecule has 1 fully saturated rings. The van der Waals surface area contributed by atoms with Crippen molar-refractivity contribution in [3.63, 3.8) is 0 Å². The summed E-state index contributed by atoms with van der Waals surface area (Å²) in [4.78, 5) is 30.0. The molecule has 2 aliphatic heterocycles. The van der Waals surface area contributed by atoms with Crippen molar-refractivity contribution < 1.29 is 14.0 Å². The van der Waals surface area contributed by atoms with Gasteiger partial charge in [-0.2, -0.15) is 0 Å². The topological polar surface area (TPSA) is 58.7 Å². The van der Waals surface area contributed by atoms with E-state index in [-0.39, 0.29) is 23.8 Å². The Balaban J connectivity index is 1.33. The lowest BCUT2D eigenvalue weighted by Gasteiger charge is -2.41. The van der Waals surface area contributed by atoms with Crippen molar-refractivity contribution in [2.24, 2.45) is 5.92 Å². The summed E-state index contributed by atoms with van der Waals surface area (Å²) in [6, 6.07) is 16.0. The second kappa shape index (κ2) is 7.86. The second-order valence-electron chi connectivity index (χ2n) is 8.05. The van der Waals surface area contributed by atoms with E-state index in [0.717, 1.165) is 17.8 Å². The largest absolute Gasteiger partial charge is 0.472 e. The summed E-state index contributed by atoms with van der Waals surface area (Å²) in [5.41, 5.74) is 2.87. The molecule has 4 heterocycles. The van der Waals surface area contributed by atoms with Crippen LogP contribution in [-0.2, 0) is 11.3 Å². The molecule has 0 N–H and O–H groups in total. The Labute approximate surface area is 175 Å². The SMILES string of the molecule is O=C(c1ccoc1)N1CCC(C(=O)N2CCn3cccc3C2c2ccccc2)CC1. The fraction of sp³-hybridized carbons (Fsp3) is 0.333. The van der Waals surface area contributed by atoms with E-state index in [4.69, 9.17) is 4.42 Å². The summed E-state index contributed by atoms with van der Waals surface area (Å²) in [5.74, 6) is 0.130. The molecule has 2 amide bonds. The van der Waals surface area contributed by atoms with Gasteiger partial charge in [0.1, 0.15) is 6.26 Å². The molecule has 0 radical (unpaired) electrons. The van der Waals surface area contributed by atoms with Crippen molar-refractivity contribution in [3.05, 3.63) is 84.1 Å². The maximum atomic E-state index is 13.6. The molecule has 3 aromatic rings. The highest BCUT2D eigenvalue weighted by atomic mass is 16.3. The molecule has 1 saturated heterocycles. The zero-order chi connectivity index (χ0) is 20.5. The van der Waals surface area contributed by atoms with E-state index in [1.54, 1.807) is 6.07 Å². The minimum absolute atomic E-state index is 0.0207. The monoisotopic (exact) mass is 403 g/mol. The lowest BCUT2D eigenvalue weighted by atomic mass is 9.92. The first kappa shape index (κ1) is 18.7. The molecular weight excluding hydrogens is 378 g/mol. The summed E-state index contributed by atoms with van der Waals surface area (Å²) in [5, 5.41) is 0. The number of hydrogen-bond donors (Lipinski definition) is 0. The fourth-order valence-corrected chi connectivity index (χ4v) is 4.74. The number of likely N-dealkylation sites (tertiary alicyclic amines) is 1. The lowest BCUT2D eigenvalue weighted by Crippen LogP contribution is -2.48. The van der Waals surface area contributed by atoms with Crippen LogP contribution in [0.25, 0.3) is 0 Å². The molecule has 0 bridgehead atoms. The molecule has 154 valence electrons. The van der Waals surface area contributed by atoms with Gasteiger partial charge in [0.2, 0.25) is 5.91 Å². The number of piperidine rings is 1. The first-order valence-electron chi connectivity index (χ1n) is 10.5. The van der Waals surface area contributed by atoms with Crippen LogP contribution >= 0.6 is 0 Å². The minimum atomic E-state index is -0.0620. The van der Waals surface area contributed by atoms with Gasteiger partial charge < -0.3 is 18.8 Å². The normalized spacial score (nSPS) is 19.5. The highest BCUT2D eigenvalue weighted by Gasteiger charge is 2.37. The van der Waals surface area contributed by atoms with Gasteiger partial charge in [-0.1, -0.05) is 30.3 Å². The van der Waals surface area contributed by atoms with E-state index in [2.05, 4.69) is 35.0 Å². The maximum absolute atomic E-state index is 13.6. The van der Waals surface area contributed by atoms with Gasteiger partial charge in [-0.3, -0.25) is 9.59 Å². The lowest BCUT2D eigenvalue weighted by molar-refractivity contribution is -0.139. The van der Waals surface area contributed by atoms with E-state index < -0.39 is 0 Å². The molecule has 0 saturated carbocycles. The number of amides is 2. The van der Waals surface area contributed by atoms with Crippen molar-refractivity contribution in [1.29, 1.82) is 0 Å². The maximum Gasteiger partial charge on any atom is 0.257 e. The van der Waals surface area contributed by atoms with Gasteiger partial charge in [0.15, 0.2) is 0 Å². The van der Waals surface area contributed by atoms with E-state index in [1.807, 2.05) is 28.0 Å². The third-order valence-corrected chi connectivity index (χ3v) is 6.34. The number of carbonyl (C=O) groups is 2. The Bertz CT molecular complexity index is 1020. The molecule has 2 aromatic heterocycles. The molecule has 0 aliphatic carbocycles. The summed E-state index contributed by atoms with van der Waals surface area (Å²) in [7, 11) is 0. The van der Waals surface area contributed by atoms with Crippen molar-refractivity contribution in [1.82, 2.24) is 14.4 Å². The Morgan fingerprint density at radius 3 is 2.43 bits per heavy atom. The number of fused-ring (bicyclic) bond motifs is 1. The zero-order valence-corrected chi connectivity index (χ0v) is 16.8. The summed E-state index contributed by atoms with van der Waals surface area (Å²) >= 11 is 0. The van der Waals surface area contributed by atoms with Crippen molar-refractivity contribution in [2.75, 3.05) is 19.6 Å². The van der Waals surface area contributed by atoms with E-state index in [9.17, 15) is 9.59 Å². The minimum Gasteiger partial charge on any atom is -0.472 e. The van der Waals surface area contributed by atoms with Crippen LogP contribution in [0.3, 0.4) is 0 Å². The Hall–Kier alpha value is -3.28. The summed E-state index contributed by atoms with van der Waals surface area (Å²) in [6.07, 6.45) is 6.47. The average molecular weight is 403 g/mol. The predicted molar refractivity (Wildman–Crippen MR) is 112 cm³/mol. The number of rotatable bonds is 3. The van der Waals surface area contributed by atoms with E-state index >= 15 is 0 Å². The molecule has 1 aromatic carbocycles. The van der Waals surface area contributed by atoms with Gasteiger partial charge in [-0.05, 0) is 36.6 Å². The zero-order valence-electron chi connectivity index (χ0n) is 16.8. The Morgan fingerprint density at radius 2 is 1.70 bits per heavy atom. The standard InChI is InChI=1S/C24H25N3O3/c28-23(20-10-16-30-17-20)26-12-8-19(9-13-26)24(29)27-15-14-25-11-4-7-21(25)22(27)18-5-2-1-3-6-18/h1-7,10-11,16-17,19,22H,8-9,12-15H2. The molecule has 30 heavy (non-hydrogen) atoms. The Kier molecular flexibility index (Phi) is 4.91. The number of aromatic nitrogens is 1. The van der Waals surface area contributed by atoms with Gasteiger partial charge in [0, 0.05) is 44.0 Å². The first-order chi connectivity index (χ1) is 14.7. The number of benzene rings is 1. The van der Waals surface area contributed by atoms with Crippen molar-refractivity contribution in [2.45, 2.75) is 25.4 Å².